The third-order valence-corrected chi connectivity index (χ3v) is 2.84. The van der Waals surface area contributed by atoms with E-state index in [0.717, 1.165) is 11.4 Å². The zero-order valence-electron chi connectivity index (χ0n) is 9.38. The monoisotopic (exact) mass is 238 g/mol. The van der Waals surface area contributed by atoms with Gasteiger partial charge in [0.2, 0.25) is 0 Å². The predicted molar refractivity (Wildman–Crippen MR) is 63.1 cm³/mol. The Morgan fingerprint density at radius 3 is 2.50 bits per heavy atom. The molecule has 0 saturated carbocycles. The van der Waals surface area contributed by atoms with Crippen molar-refractivity contribution in [1.29, 1.82) is 0 Å². The molecule has 16 heavy (non-hydrogen) atoms. The smallest absolute Gasteiger partial charge is 0.126 e. The van der Waals surface area contributed by atoms with Gasteiger partial charge < -0.3 is 0 Å². The van der Waals surface area contributed by atoms with Crippen LogP contribution < -0.4 is 0 Å². The van der Waals surface area contributed by atoms with Gasteiger partial charge in [0.15, 0.2) is 0 Å². The molecule has 0 atom stereocenters. The highest BCUT2D eigenvalue weighted by Gasteiger charge is 2.11. The minimum Gasteiger partial charge on any atom is -0.268 e. The third-order valence-electron chi connectivity index (χ3n) is 2.53. The van der Waals surface area contributed by atoms with E-state index in [1.807, 2.05) is 20.0 Å². The first-order chi connectivity index (χ1) is 7.49. The van der Waals surface area contributed by atoms with Crippen LogP contribution in [0.5, 0.6) is 0 Å². The van der Waals surface area contributed by atoms with E-state index in [9.17, 15) is 4.39 Å². The Hall–Kier alpha value is -1.35. The maximum absolute atomic E-state index is 13.5. The van der Waals surface area contributed by atoms with Gasteiger partial charge >= 0.3 is 0 Å². The van der Waals surface area contributed by atoms with Gasteiger partial charge in [-0.05, 0) is 37.6 Å². The lowest BCUT2D eigenvalue weighted by atomic mass is 10.1. The summed E-state index contributed by atoms with van der Waals surface area (Å²) >= 11 is 6.11. The first-order valence-corrected chi connectivity index (χ1v) is 5.33. The van der Waals surface area contributed by atoms with Gasteiger partial charge in [-0.25, -0.2) is 4.39 Å². The van der Waals surface area contributed by atoms with Crippen molar-refractivity contribution in [2.45, 2.75) is 13.8 Å². The molecule has 0 radical (unpaired) electrons. The molecule has 0 bridgehead atoms. The number of hydrogen-bond acceptors (Lipinski definition) is 1. The molecule has 1 aromatic heterocycles. The summed E-state index contributed by atoms with van der Waals surface area (Å²) in [4.78, 5) is 0. The second-order valence-corrected chi connectivity index (χ2v) is 4.28. The second kappa shape index (κ2) is 3.91. The third kappa shape index (κ3) is 1.83. The zero-order valence-corrected chi connectivity index (χ0v) is 10.1. The Morgan fingerprint density at radius 2 is 1.94 bits per heavy atom. The Labute approximate surface area is 98.7 Å². The van der Waals surface area contributed by atoms with Gasteiger partial charge in [-0.2, -0.15) is 5.10 Å². The van der Waals surface area contributed by atoms with Crippen LogP contribution in [0, 0.1) is 19.7 Å². The molecule has 0 amide bonds. The summed E-state index contributed by atoms with van der Waals surface area (Å²) in [6, 6.07) is 4.97. The summed E-state index contributed by atoms with van der Waals surface area (Å²) < 4.78 is 15.2. The standard InChI is InChI=1S/C12H12ClFN2/c1-7-4-10(13)9(6-11(7)14)12-5-8(2)15-16(12)3/h4-6H,1-3H3. The lowest BCUT2D eigenvalue weighted by Crippen LogP contribution is -1.95. The molecule has 2 rings (SSSR count). The van der Waals surface area contributed by atoms with Crippen LogP contribution in [0.25, 0.3) is 11.3 Å². The van der Waals surface area contributed by atoms with Gasteiger partial charge in [0, 0.05) is 12.6 Å². The van der Waals surface area contributed by atoms with Crippen LogP contribution in [0.4, 0.5) is 4.39 Å². The highest BCUT2D eigenvalue weighted by molar-refractivity contribution is 6.33. The fourth-order valence-electron chi connectivity index (χ4n) is 1.71. The second-order valence-electron chi connectivity index (χ2n) is 3.88. The van der Waals surface area contributed by atoms with Crippen molar-refractivity contribution < 1.29 is 4.39 Å². The minimum atomic E-state index is -0.252. The van der Waals surface area contributed by atoms with E-state index < -0.39 is 0 Å². The van der Waals surface area contributed by atoms with Gasteiger partial charge in [0.1, 0.15) is 5.82 Å². The highest BCUT2D eigenvalue weighted by Crippen LogP contribution is 2.30. The average Bonchev–Trinajstić information content (AvgIpc) is 2.51. The van der Waals surface area contributed by atoms with E-state index in [1.54, 1.807) is 17.7 Å². The van der Waals surface area contributed by atoms with Crippen LogP contribution in [-0.4, -0.2) is 9.78 Å². The fourth-order valence-corrected chi connectivity index (χ4v) is 2.02. The van der Waals surface area contributed by atoms with Crippen molar-refractivity contribution in [3.63, 3.8) is 0 Å². The molecule has 1 aromatic carbocycles. The number of aromatic nitrogens is 2. The summed E-state index contributed by atoms with van der Waals surface area (Å²) in [5.74, 6) is -0.252. The van der Waals surface area contributed by atoms with Crippen LogP contribution in [-0.2, 0) is 7.05 Å². The van der Waals surface area contributed by atoms with Gasteiger partial charge in [0.05, 0.1) is 16.4 Å². The van der Waals surface area contributed by atoms with E-state index in [2.05, 4.69) is 5.10 Å². The maximum Gasteiger partial charge on any atom is 0.126 e. The highest BCUT2D eigenvalue weighted by atomic mass is 35.5. The largest absolute Gasteiger partial charge is 0.268 e. The molecule has 0 aliphatic carbocycles. The normalized spacial score (nSPS) is 10.8. The average molecular weight is 239 g/mol. The topological polar surface area (TPSA) is 17.8 Å². The molecular weight excluding hydrogens is 227 g/mol. The Kier molecular flexibility index (Phi) is 2.72. The summed E-state index contributed by atoms with van der Waals surface area (Å²) in [7, 11) is 1.82. The number of rotatable bonds is 1. The van der Waals surface area contributed by atoms with Crippen LogP contribution in [0.15, 0.2) is 18.2 Å². The lowest BCUT2D eigenvalue weighted by molar-refractivity contribution is 0.618. The Morgan fingerprint density at radius 1 is 1.25 bits per heavy atom. The number of nitrogens with zero attached hydrogens (tertiary/aromatic N) is 2. The van der Waals surface area contributed by atoms with Crippen molar-refractivity contribution in [2.75, 3.05) is 0 Å². The summed E-state index contributed by atoms with van der Waals surface area (Å²) in [5, 5.41) is 4.76. The molecule has 0 unspecified atom stereocenters. The quantitative estimate of drug-likeness (QED) is 0.744. The molecule has 0 saturated heterocycles. The number of aryl methyl sites for hydroxylation is 3. The Bertz CT molecular complexity index is 546. The van der Waals surface area contributed by atoms with Crippen molar-refractivity contribution >= 4 is 11.6 Å². The molecule has 84 valence electrons. The van der Waals surface area contributed by atoms with Crippen molar-refractivity contribution in [3.8, 4) is 11.3 Å². The molecule has 0 aliphatic heterocycles. The van der Waals surface area contributed by atoms with E-state index in [1.165, 1.54) is 6.07 Å². The molecule has 4 heteroatoms. The number of benzene rings is 1. The molecule has 0 fully saturated rings. The van der Waals surface area contributed by atoms with Crippen molar-refractivity contribution in [1.82, 2.24) is 9.78 Å². The summed E-state index contributed by atoms with van der Waals surface area (Å²) in [6.45, 7) is 3.58. The fraction of sp³-hybridized carbons (Fsp3) is 0.250. The first-order valence-electron chi connectivity index (χ1n) is 4.95. The van der Waals surface area contributed by atoms with Crippen molar-refractivity contribution in [2.24, 2.45) is 7.05 Å². The molecule has 0 aliphatic rings. The first kappa shape index (κ1) is 11.1. The summed E-state index contributed by atoms with van der Waals surface area (Å²) in [5.41, 5.74) is 2.93. The van der Waals surface area contributed by atoms with E-state index in [4.69, 9.17) is 11.6 Å². The molecule has 2 nitrogen and oxygen atoms in total. The lowest BCUT2D eigenvalue weighted by Gasteiger charge is -2.06. The van der Waals surface area contributed by atoms with E-state index in [-0.39, 0.29) is 5.82 Å². The number of halogens is 2. The Balaban J connectivity index is 2.64. The molecule has 2 aromatic rings. The molecule has 0 spiro atoms. The van der Waals surface area contributed by atoms with Crippen molar-refractivity contribution in [3.05, 3.63) is 40.3 Å². The maximum atomic E-state index is 13.5. The molecule has 0 N–H and O–H groups in total. The van der Waals surface area contributed by atoms with Gasteiger partial charge in [-0.3, -0.25) is 4.68 Å². The molecule has 1 heterocycles. The SMILES string of the molecule is Cc1cc(-c2cc(F)c(C)cc2Cl)n(C)n1. The van der Waals surface area contributed by atoms with E-state index >= 15 is 0 Å². The minimum absolute atomic E-state index is 0.252. The summed E-state index contributed by atoms with van der Waals surface area (Å²) in [6.07, 6.45) is 0. The van der Waals surface area contributed by atoms with Crippen LogP contribution in [0.1, 0.15) is 11.3 Å². The van der Waals surface area contributed by atoms with Gasteiger partial charge in [0.25, 0.3) is 0 Å². The van der Waals surface area contributed by atoms with Gasteiger partial charge in [-0.1, -0.05) is 11.6 Å². The molecular formula is C12H12ClFN2. The van der Waals surface area contributed by atoms with E-state index in [0.29, 0.717) is 16.1 Å². The van der Waals surface area contributed by atoms with Crippen LogP contribution in [0.2, 0.25) is 5.02 Å². The number of hydrogen-bond donors (Lipinski definition) is 0. The van der Waals surface area contributed by atoms with Crippen LogP contribution in [0.3, 0.4) is 0 Å². The van der Waals surface area contributed by atoms with Gasteiger partial charge in [-0.15, -0.1) is 0 Å². The zero-order chi connectivity index (χ0) is 11.9. The van der Waals surface area contributed by atoms with Crippen LogP contribution >= 0.6 is 11.6 Å². The predicted octanol–water partition coefficient (Wildman–Crippen LogP) is 3.50.